The molecule has 3 heteroatoms. The maximum absolute atomic E-state index is 12.2. The Morgan fingerprint density at radius 2 is 1.75 bits per heavy atom. The van der Waals surface area contributed by atoms with Crippen LogP contribution >= 0.6 is 0 Å². The van der Waals surface area contributed by atoms with E-state index in [0.717, 1.165) is 25.7 Å². The summed E-state index contributed by atoms with van der Waals surface area (Å²) in [5, 5.41) is 0. The van der Waals surface area contributed by atoms with Crippen molar-refractivity contribution in [3.63, 3.8) is 0 Å². The van der Waals surface area contributed by atoms with E-state index >= 15 is 0 Å². The van der Waals surface area contributed by atoms with Crippen molar-refractivity contribution >= 4 is 5.78 Å². The largest absolute Gasteiger partial charge is 0.371 e. The third kappa shape index (κ3) is 3.56. The Morgan fingerprint density at radius 1 is 1.19 bits per heavy atom. The Balaban J connectivity index is 2.58. The van der Waals surface area contributed by atoms with Gasteiger partial charge < -0.3 is 9.47 Å². The van der Waals surface area contributed by atoms with Crippen molar-refractivity contribution < 1.29 is 14.3 Å². The highest BCUT2D eigenvalue weighted by Crippen LogP contribution is 2.31. The molecular weight excluding hydrogens is 204 g/mol. The summed E-state index contributed by atoms with van der Waals surface area (Å²) in [5.41, 5.74) is -0.564. The number of carbonyl (C=O) groups excluding carboxylic acids is 1. The van der Waals surface area contributed by atoms with E-state index < -0.39 is 5.60 Å². The van der Waals surface area contributed by atoms with E-state index in [1.165, 1.54) is 12.8 Å². The van der Waals surface area contributed by atoms with Gasteiger partial charge in [-0.2, -0.15) is 0 Å². The van der Waals surface area contributed by atoms with E-state index in [1.54, 1.807) is 7.11 Å². The Labute approximate surface area is 98.5 Å². The average molecular weight is 228 g/mol. The lowest BCUT2D eigenvalue weighted by Crippen LogP contribution is -2.43. The minimum atomic E-state index is -0.564. The van der Waals surface area contributed by atoms with Crippen molar-refractivity contribution in [3.8, 4) is 0 Å². The Hall–Kier alpha value is -0.410. The molecule has 0 N–H and O–H groups in total. The van der Waals surface area contributed by atoms with Gasteiger partial charge >= 0.3 is 0 Å². The molecular formula is C13H24O3. The molecule has 3 nitrogen and oxygen atoms in total. The van der Waals surface area contributed by atoms with Crippen molar-refractivity contribution in [1.29, 1.82) is 0 Å². The van der Waals surface area contributed by atoms with E-state index in [9.17, 15) is 4.79 Å². The van der Waals surface area contributed by atoms with Crippen LogP contribution in [0.2, 0.25) is 0 Å². The Kier molecular flexibility index (Phi) is 5.42. The van der Waals surface area contributed by atoms with Crippen molar-refractivity contribution in [2.75, 3.05) is 13.7 Å². The van der Waals surface area contributed by atoms with Gasteiger partial charge in [-0.3, -0.25) is 4.79 Å². The molecule has 0 spiro atoms. The van der Waals surface area contributed by atoms with Gasteiger partial charge in [0.25, 0.3) is 0 Å². The zero-order chi connectivity index (χ0) is 12.0. The van der Waals surface area contributed by atoms with Crippen LogP contribution in [0.5, 0.6) is 0 Å². The van der Waals surface area contributed by atoms with Crippen LogP contribution in [0, 0.1) is 0 Å². The minimum absolute atomic E-state index is 0.101. The summed E-state index contributed by atoms with van der Waals surface area (Å²) in [7, 11) is 1.65. The predicted molar refractivity (Wildman–Crippen MR) is 63.5 cm³/mol. The molecule has 0 amide bonds. The smallest absolute Gasteiger partial charge is 0.190 e. The van der Waals surface area contributed by atoms with Crippen molar-refractivity contribution in [2.45, 2.75) is 64.1 Å². The van der Waals surface area contributed by atoms with Gasteiger partial charge in [0.1, 0.15) is 12.2 Å². The summed E-state index contributed by atoms with van der Waals surface area (Å²) in [6.07, 6.45) is 6.40. The number of Topliss-reactive ketones (excluding diaryl/α,β-unsaturated/α-hetero) is 1. The maximum Gasteiger partial charge on any atom is 0.190 e. The second kappa shape index (κ2) is 6.36. The lowest BCUT2D eigenvalue weighted by molar-refractivity contribution is -0.149. The summed E-state index contributed by atoms with van der Waals surface area (Å²) in [6.45, 7) is 4.07. The Morgan fingerprint density at radius 3 is 2.19 bits per heavy atom. The first-order valence-electron chi connectivity index (χ1n) is 6.31. The molecule has 0 atom stereocenters. The fourth-order valence-corrected chi connectivity index (χ4v) is 2.27. The third-order valence-corrected chi connectivity index (χ3v) is 3.36. The molecule has 0 aliphatic heterocycles. The second-order valence-corrected chi connectivity index (χ2v) is 4.90. The molecule has 0 aromatic carbocycles. The quantitative estimate of drug-likeness (QED) is 0.679. The fraction of sp³-hybridized carbons (Fsp3) is 0.923. The fourth-order valence-electron chi connectivity index (χ4n) is 2.27. The first-order valence-corrected chi connectivity index (χ1v) is 6.31. The first kappa shape index (κ1) is 13.7. The monoisotopic (exact) mass is 228 g/mol. The molecule has 94 valence electrons. The van der Waals surface area contributed by atoms with Gasteiger partial charge in [-0.05, 0) is 26.7 Å². The highest BCUT2D eigenvalue weighted by Gasteiger charge is 2.38. The van der Waals surface area contributed by atoms with Gasteiger partial charge in [0.2, 0.25) is 0 Å². The van der Waals surface area contributed by atoms with Crippen LogP contribution in [-0.4, -0.2) is 31.2 Å². The van der Waals surface area contributed by atoms with Crippen LogP contribution in [0.4, 0.5) is 0 Å². The lowest BCUT2D eigenvalue weighted by Gasteiger charge is -2.29. The highest BCUT2D eigenvalue weighted by atomic mass is 16.5. The standard InChI is InChI=1S/C13H24O3/c1-11(2)16-10-12(14)13(15-3)8-6-4-5-7-9-13/h11H,4-10H2,1-3H3. The van der Waals surface area contributed by atoms with Crippen LogP contribution in [0.3, 0.4) is 0 Å². The number of rotatable bonds is 5. The maximum atomic E-state index is 12.2. The van der Waals surface area contributed by atoms with Crippen LogP contribution in [0.15, 0.2) is 0 Å². The van der Waals surface area contributed by atoms with Gasteiger partial charge in [-0.25, -0.2) is 0 Å². The number of methoxy groups -OCH3 is 1. The summed E-state index contributed by atoms with van der Waals surface area (Å²) >= 11 is 0. The number of hydrogen-bond donors (Lipinski definition) is 0. The molecule has 0 heterocycles. The molecule has 1 rings (SSSR count). The number of ketones is 1. The third-order valence-electron chi connectivity index (χ3n) is 3.36. The molecule has 0 aromatic rings. The van der Waals surface area contributed by atoms with E-state index in [1.807, 2.05) is 13.8 Å². The molecule has 16 heavy (non-hydrogen) atoms. The zero-order valence-corrected chi connectivity index (χ0v) is 10.8. The summed E-state index contributed by atoms with van der Waals surface area (Å²) in [5.74, 6) is 0.116. The van der Waals surface area contributed by atoms with Crippen LogP contribution in [0.25, 0.3) is 0 Å². The molecule has 0 radical (unpaired) electrons. The molecule has 0 saturated heterocycles. The predicted octanol–water partition coefficient (Wildman–Crippen LogP) is 2.72. The first-order chi connectivity index (χ1) is 7.60. The molecule has 0 bridgehead atoms. The van der Waals surface area contributed by atoms with Crippen molar-refractivity contribution in [3.05, 3.63) is 0 Å². The van der Waals surface area contributed by atoms with Gasteiger partial charge in [0, 0.05) is 7.11 Å². The molecule has 1 saturated carbocycles. The second-order valence-electron chi connectivity index (χ2n) is 4.90. The molecule has 1 aliphatic carbocycles. The van der Waals surface area contributed by atoms with Crippen molar-refractivity contribution in [2.24, 2.45) is 0 Å². The van der Waals surface area contributed by atoms with Crippen molar-refractivity contribution in [1.82, 2.24) is 0 Å². The SMILES string of the molecule is COC1(C(=O)COC(C)C)CCCCCC1. The topological polar surface area (TPSA) is 35.5 Å². The van der Waals surface area contributed by atoms with Crippen LogP contribution in [-0.2, 0) is 14.3 Å². The van der Waals surface area contributed by atoms with Gasteiger partial charge in [-0.15, -0.1) is 0 Å². The van der Waals surface area contributed by atoms with E-state index in [-0.39, 0.29) is 18.5 Å². The minimum Gasteiger partial charge on any atom is -0.371 e. The summed E-state index contributed by atoms with van der Waals surface area (Å²) < 4.78 is 10.9. The molecule has 0 aromatic heterocycles. The van der Waals surface area contributed by atoms with E-state index in [4.69, 9.17) is 9.47 Å². The zero-order valence-electron chi connectivity index (χ0n) is 10.8. The number of hydrogen-bond acceptors (Lipinski definition) is 3. The molecule has 0 unspecified atom stereocenters. The van der Waals surface area contributed by atoms with Crippen LogP contribution in [0.1, 0.15) is 52.4 Å². The lowest BCUT2D eigenvalue weighted by atomic mass is 9.89. The number of ether oxygens (including phenoxy) is 2. The van der Waals surface area contributed by atoms with Crippen LogP contribution < -0.4 is 0 Å². The average Bonchev–Trinajstić information content (AvgIpc) is 2.51. The molecule has 1 aliphatic rings. The highest BCUT2D eigenvalue weighted by molar-refractivity contribution is 5.88. The Bertz CT molecular complexity index is 215. The molecule has 1 fully saturated rings. The van der Waals surface area contributed by atoms with E-state index in [2.05, 4.69) is 0 Å². The van der Waals surface area contributed by atoms with E-state index in [0.29, 0.717) is 0 Å². The normalized spacial score (nSPS) is 20.8. The summed E-state index contributed by atoms with van der Waals surface area (Å²) in [6, 6.07) is 0. The van der Waals surface area contributed by atoms with Gasteiger partial charge in [0.05, 0.1) is 6.10 Å². The van der Waals surface area contributed by atoms with Gasteiger partial charge in [-0.1, -0.05) is 25.7 Å². The number of carbonyl (C=O) groups is 1. The summed E-state index contributed by atoms with van der Waals surface area (Å²) in [4.78, 5) is 12.2. The van der Waals surface area contributed by atoms with Gasteiger partial charge in [0.15, 0.2) is 5.78 Å².